The summed E-state index contributed by atoms with van der Waals surface area (Å²) in [4.78, 5) is 11.4. The molecule has 0 saturated heterocycles. The van der Waals surface area contributed by atoms with E-state index in [0.717, 1.165) is 24.8 Å². The van der Waals surface area contributed by atoms with E-state index >= 15 is 0 Å². The highest BCUT2D eigenvalue weighted by Crippen LogP contribution is 2.34. The number of carbonyl (C=O) groups is 1. The van der Waals surface area contributed by atoms with Crippen molar-refractivity contribution in [3.8, 4) is 0 Å². The lowest BCUT2D eigenvalue weighted by molar-refractivity contribution is 0.0412. The van der Waals surface area contributed by atoms with Crippen LogP contribution in [0.25, 0.3) is 0 Å². The van der Waals surface area contributed by atoms with Gasteiger partial charge in [-0.05, 0) is 36.5 Å². The monoisotopic (exact) mass is 285 g/mol. The van der Waals surface area contributed by atoms with E-state index in [-0.39, 0.29) is 18.4 Å². The molecule has 5 heteroatoms. The summed E-state index contributed by atoms with van der Waals surface area (Å²) in [6.07, 6.45) is 2.69. The molecule has 4 nitrogen and oxygen atoms in total. The number of rotatable bonds is 4. The molecule has 1 fully saturated rings. The molecule has 0 unspecified atom stereocenters. The van der Waals surface area contributed by atoms with Crippen molar-refractivity contribution in [2.24, 2.45) is 11.7 Å². The molecule has 0 spiro atoms. The Balaban J connectivity index is 0.00000180. The average molecular weight is 286 g/mol. The van der Waals surface area contributed by atoms with Crippen LogP contribution in [0.2, 0.25) is 0 Å². The van der Waals surface area contributed by atoms with Crippen LogP contribution in [0.4, 0.5) is 0 Å². The largest absolute Gasteiger partial charge is 0.465 e. The normalized spacial score (nSPS) is 17.8. The van der Waals surface area contributed by atoms with Crippen molar-refractivity contribution < 1.29 is 14.6 Å². The second-order valence-corrected chi connectivity index (χ2v) is 4.82. The van der Waals surface area contributed by atoms with Crippen LogP contribution in [0.15, 0.2) is 24.3 Å². The summed E-state index contributed by atoms with van der Waals surface area (Å²) in [5.41, 5.74) is 7.30. The molecule has 0 aromatic heterocycles. The maximum atomic E-state index is 11.4. The van der Waals surface area contributed by atoms with E-state index in [1.807, 2.05) is 6.07 Å². The fraction of sp³-hybridized carbons (Fsp3) is 0.500. The summed E-state index contributed by atoms with van der Waals surface area (Å²) >= 11 is 0. The van der Waals surface area contributed by atoms with Crippen LogP contribution in [0.1, 0.15) is 41.2 Å². The molecule has 2 atom stereocenters. The number of aliphatic hydroxyl groups excluding tert-OH is 1. The molecule has 0 amide bonds. The number of ether oxygens (including phenoxy) is 1. The average Bonchev–Trinajstić information content (AvgIpc) is 2.35. The molecule has 3 N–H and O–H groups in total. The van der Waals surface area contributed by atoms with Gasteiger partial charge in [-0.2, -0.15) is 0 Å². The van der Waals surface area contributed by atoms with Crippen molar-refractivity contribution in [1.82, 2.24) is 0 Å². The van der Waals surface area contributed by atoms with Crippen LogP contribution >= 0.6 is 12.4 Å². The maximum Gasteiger partial charge on any atom is 0.337 e. The summed E-state index contributed by atoms with van der Waals surface area (Å²) < 4.78 is 4.67. The Morgan fingerprint density at radius 1 is 1.47 bits per heavy atom. The van der Waals surface area contributed by atoms with Gasteiger partial charge in [-0.3, -0.25) is 0 Å². The third kappa shape index (κ3) is 3.47. The van der Waals surface area contributed by atoms with E-state index < -0.39 is 12.1 Å². The lowest BCUT2D eigenvalue weighted by Gasteiger charge is -2.33. The maximum absolute atomic E-state index is 11.4. The number of hydrogen-bond donors (Lipinski definition) is 2. The van der Waals surface area contributed by atoms with Crippen LogP contribution in [0.5, 0.6) is 0 Å². The standard InChI is InChI=1S/C14H19NO3.ClH/c1-18-14(17)11-7-3-6-10(8-11)12(15)13(16)9-4-2-5-9;/h3,6-9,12-13,16H,2,4-5,15H2,1H3;1H/t12-,13+;/m1./s1. The van der Waals surface area contributed by atoms with Crippen LogP contribution in [-0.2, 0) is 4.74 Å². The zero-order chi connectivity index (χ0) is 13.1. The molecule has 1 saturated carbocycles. The van der Waals surface area contributed by atoms with Gasteiger partial charge in [0, 0.05) is 0 Å². The fourth-order valence-corrected chi connectivity index (χ4v) is 2.26. The highest BCUT2D eigenvalue weighted by Gasteiger charge is 2.30. The highest BCUT2D eigenvalue weighted by molar-refractivity contribution is 5.89. The number of aliphatic hydroxyl groups is 1. The lowest BCUT2D eigenvalue weighted by Crippen LogP contribution is -2.36. The van der Waals surface area contributed by atoms with Gasteiger partial charge in [-0.25, -0.2) is 4.79 Å². The molecular weight excluding hydrogens is 266 g/mol. The van der Waals surface area contributed by atoms with Crippen LogP contribution in [0.3, 0.4) is 0 Å². The van der Waals surface area contributed by atoms with Gasteiger partial charge in [0.05, 0.1) is 24.8 Å². The number of benzene rings is 1. The minimum absolute atomic E-state index is 0. The Hall–Kier alpha value is -1.10. The molecule has 106 valence electrons. The van der Waals surface area contributed by atoms with Crippen molar-refractivity contribution in [2.45, 2.75) is 31.4 Å². The summed E-state index contributed by atoms with van der Waals surface area (Å²) in [6.45, 7) is 0. The number of halogens is 1. The second kappa shape index (κ2) is 6.89. The summed E-state index contributed by atoms with van der Waals surface area (Å²) in [5, 5.41) is 10.1. The Morgan fingerprint density at radius 2 is 2.16 bits per heavy atom. The van der Waals surface area contributed by atoms with E-state index in [4.69, 9.17) is 5.73 Å². The van der Waals surface area contributed by atoms with E-state index in [0.29, 0.717) is 11.5 Å². The van der Waals surface area contributed by atoms with Gasteiger partial charge in [0.25, 0.3) is 0 Å². The van der Waals surface area contributed by atoms with Crippen molar-refractivity contribution in [3.05, 3.63) is 35.4 Å². The van der Waals surface area contributed by atoms with Gasteiger partial charge in [-0.1, -0.05) is 18.6 Å². The van der Waals surface area contributed by atoms with Gasteiger partial charge in [0.15, 0.2) is 0 Å². The zero-order valence-electron chi connectivity index (χ0n) is 10.9. The second-order valence-electron chi connectivity index (χ2n) is 4.82. The number of nitrogens with two attached hydrogens (primary N) is 1. The van der Waals surface area contributed by atoms with Gasteiger partial charge in [0.2, 0.25) is 0 Å². The van der Waals surface area contributed by atoms with Crippen LogP contribution < -0.4 is 5.73 Å². The molecule has 0 heterocycles. The van der Waals surface area contributed by atoms with Gasteiger partial charge < -0.3 is 15.6 Å². The first-order valence-corrected chi connectivity index (χ1v) is 6.25. The van der Waals surface area contributed by atoms with E-state index in [1.54, 1.807) is 18.2 Å². The molecule has 2 rings (SSSR count). The zero-order valence-corrected chi connectivity index (χ0v) is 11.7. The third-order valence-electron chi connectivity index (χ3n) is 3.69. The molecule has 0 aliphatic heterocycles. The first-order chi connectivity index (χ1) is 8.63. The van der Waals surface area contributed by atoms with Gasteiger partial charge >= 0.3 is 5.97 Å². The molecular formula is C14H20ClNO3. The topological polar surface area (TPSA) is 72.5 Å². The number of hydrogen-bond acceptors (Lipinski definition) is 4. The van der Waals surface area contributed by atoms with Gasteiger partial charge in [-0.15, -0.1) is 12.4 Å². The first kappa shape index (κ1) is 16.0. The van der Waals surface area contributed by atoms with Crippen LogP contribution in [0, 0.1) is 5.92 Å². The number of carbonyl (C=O) groups excluding carboxylic acids is 1. The SMILES string of the molecule is COC(=O)c1cccc([C@@H](N)[C@@H](O)C2CCC2)c1.Cl. The predicted molar refractivity (Wildman–Crippen MR) is 75.3 cm³/mol. The minimum atomic E-state index is -0.536. The Bertz CT molecular complexity index is 434. The van der Waals surface area contributed by atoms with Crippen molar-refractivity contribution in [2.75, 3.05) is 7.11 Å². The molecule has 1 aliphatic rings. The highest BCUT2D eigenvalue weighted by atomic mass is 35.5. The van der Waals surface area contributed by atoms with Crippen molar-refractivity contribution in [1.29, 1.82) is 0 Å². The summed E-state index contributed by atoms with van der Waals surface area (Å²) in [5.74, 6) is -0.0935. The fourth-order valence-electron chi connectivity index (χ4n) is 2.26. The Kier molecular flexibility index (Phi) is 5.79. The lowest BCUT2D eigenvalue weighted by atomic mass is 9.77. The van der Waals surface area contributed by atoms with Crippen LogP contribution in [-0.4, -0.2) is 24.3 Å². The smallest absolute Gasteiger partial charge is 0.337 e. The first-order valence-electron chi connectivity index (χ1n) is 6.25. The van der Waals surface area contributed by atoms with E-state index in [1.165, 1.54) is 7.11 Å². The molecule has 19 heavy (non-hydrogen) atoms. The van der Waals surface area contributed by atoms with E-state index in [9.17, 15) is 9.90 Å². The van der Waals surface area contributed by atoms with Crippen molar-refractivity contribution >= 4 is 18.4 Å². The molecule has 1 aromatic rings. The molecule has 0 bridgehead atoms. The van der Waals surface area contributed by atoms with Gasteiger partial charge in [0.1, 0.15) is 0 Å². The molecule has 1 aromatic carbocycles. The minimum Gasteiger partial charge on any atom is -0.465 e. The third-order valence-corrected chi connectivity index (χ3v) is 3.69. The number of methoxy groups -OCH3 is 1. The molecule has 0 radical (unpaired) electrons. The molecule has 1 aliphatic carbocycles. The Labute approximate surface area is 119 Å². The summed E-state index contributed by atoms with van der Waals surface area (Å²) in [6, 6.07) is 6.52. The quantitative estimate of drug-likeness (QED) is 0.831. The predicted octanol–water partition coefficient (Wildman–Crippen LogP) is 2.06. The van der Waals surface area contributed by atoms with Crippen molar-refractivity contribution in [3.63, 3.8) is 0 Å². The number of esters is 1. The summed E-state index contributed by atoms with van der Waals surface area (Å²) in [7, 11) is 1.35. The Morgan fingerprint density at radius 3 is 2.68 bits per heavy atom. The van der Waals surface area contributed by atoms with E-state index in [2.05, 4.69) is 4.74 Å².